The number of carbonyl (C=O) groups is 1. The Kier molecular flexibility index (Phi) is 4.60. The Labute approximate surface area is 145 Å². The third kappa shape index (κ3) is 3.73. The zero-order chi connectivity index (χ0) is 17.9. The van der Waals surface area contributed by atoms with Gasteiger partial charge in [0.1, 0.15) is 6.33 Å². The zero-order valence-corrected chi connectivity index (χ0v) is 14.4. The van der Waals surface area contributed by atoms with Crippen molar-refractivity contribution in [2.24, 2.45) is 0 Å². The van der Waals surface area contributed by atoms with Gasteiger partial charge in [-0.3, -0.25) is 9.89 Å². The first kappa shape index (κ1) is 16.8. The third-order valence-corrected chi connectivity index (χ3v) is 3.73. The zero-order valence-electron chi connectivity index (χ0n) is 14.4. The fourth-order valence-corrected chi connectivity index (χ4v) is 2.39. The summed E-state index contributed by atoms with van der Waals surface area (Å²) >= 11 is 0. The number of benzene rings is 1. The average molecular weight is 340 g/mol. The van der Waals surface area contributed by atoms with Crippen LogP contribution in [0.25, 0.3) is 11.4 Å². The lowest BCUT2D eigenvalue weighted by atomic mass is 10.0. The highest BCUT2D eigenvalue weighted by Crippen LogP contribution is 2.20. The van der Waals surface area contributed by atoms with Gasteiger partial charge < -0.3 is 9.84 Å². The molecule has 0 atom stereocenters. The maximum Gasteiger partial charge on any atom is 0.252 e. The quantitative estimate of drug-likeness (QED) is 0.713. The minimum Gasteiger partial charge on any atom is -0.340 e. The first-order valence-corrected chi connectivity index (χ1v) is 8.11. The van der Waals surface area contributed by atoms with Crippen molar-refractivity contribution in [1.82, 2.24) is 30.6 Å². The van der Waals surface area contributed by atoms with Gasteiger partial charge in [-0.15, -0.1) is 0 Å². The van der Waals surface area contributed by atoms with Crippen LogP contribution < -0.4 is 5.32 Å². The largest absolute Gasteiger partial charge is 0.340 e. The van der Waals surface area contributed by atoms with Crippen molar-refractivity contribution in [1.29, 1.82) is 0 Å². The minimum absolute atomic E-state index is 0.229. The van der Waals surface area contributed by atoms with Gasteiger partial charge in [-0.25, -0.2) is 4.98 Å². The molecule has 0 aliphatic rings. The van der Waals surface area contributed by atoms with Gasteiger partial charge in [0, 0.05) is 17.5 Å². The van der Waals surface area contributed by atoms with Crippen LogP contribution in [-0.4, -0.2) is 31.2 Å². The SMILES string of the molecule is CCCc1nc(C(C)(C)NC(=O)c2cccc(-c3ncn[nH]3)c2)no1. The van der Waals surface area contributed by atoms with Crippen LogP contribution >= 0.6 is 0 Å². The number of nitrogens with one attached hydrogen (secondary N) is 2. The molecule has 25 heavy (non-hydrogen) atoms. The summed E-state index contributed by atoms with van der Waals surface area (Å²) in [4.78, 5) is 21.1. The van der Waals surface area contributed by atoms with Gasteiger partial charge in [-0.2, -0.15) is 10.1 Å². The number of aromatic nitrogens is 5. The van der Waals surface area contributed by atoms with Crippen LogP contribution in [0.15, 0.2) is 35.1 Å². The van der Waals surface area contributed by atoms with E-state index in [4.69, 9.17) is 4.52 Å². The molecule has 8 heteroatoms. The highest BCUT2D eigenvalue weighted by molar-refractivity contribution is 5.95. The molecule has 1 aromatic carbocycles. The Morgan fingerprint density at radius 2 is 2.20 bits per heavy atom. The van der Waals surface area contributed by atoms with Gasteiger partial charge in [-0.05, 0) is 32.4 Å². The maximum absolute atomic E-state index is 12.6. The molecule has 0 radical (unpaired) electrons. The normalized spacial score (nSPS) is 11.5. The lowest BCUT2D eigenvalue weighted by Gasteiger charge is -2.22. The molecular weight excluding hydrogens is 320 g/mol. The number of aryl methyl sites for hydroxylation is 1. The highest BCUT2D eigenvalue weighted by atomic mass is 16.5. The second-order valence-corrected chi connectivity index (χ2v) is 6.26. The molecule has 0 fully saturated rings. The predicted molar refractivity (Wildman–Crippen MR) is 90.6 cm³/mol. The number of carbonyl (C=O) groups excluding carboxylic acids is 1. The molecule has 3 rings (SSSR count). The summed E-state index contributed by atoms with van der Waals surface area (Å²) in [7, 11) is 0. The fourth-order valence-electron chi connectivity index (χ4n) is 2.39. The van der Waals surface area contributed by atoms with E-state index in [2.05, 4.69) is 30.6 Å². The molecule has 0 saturated heterocycles. The van der Waals surface area contributed by atoms with E-state index < -0.39 is 5.54 Å². The molecule has 0 unspecified atom stereocenters. The van der Waals surface area contributed by atoms with Crippen LogP contribution in [0, 0.1) is 0 Å². The number of hydrogen-bond donors (Lipinski definition) is 2. The molecule has 0 aliphatic heterocycles. The Morgan fingerprint density at radius 1 is 1.36 bits per heavy atom. The molecule has 130 valence electrons. The van der Waals surface area contributed by atoms with E-state index in [0.29, 0.717) is 23.1 Å². The van der Waals surface area contributed by atoms with E-state index in [1.165, 1.54) is 6.33 Å². The number of amides is 1. The van der Waals surface area contributed by atoms with Gasteiger partial charge in [-0.1, -0.05) is 24.2 Å². The van der Waals surface area contributed by atoms with Crippen LogP contribution in [0.1, 0.15) is 49.3 Å². The van der Waals surface area contributed by atoms with Crippen molar-refractivity contribution in [3.63, 3.8) is 0 Å². The Bertz CT molecular complexity index is 854. The minimum atomic E-state index is -0.755. The summed E-state index contributed by atoms with van der Waals surface area (Å²) in [6, 6.07) is 7.15. The number of H-pyrrole nitrogens is 1. The summed E-state index contributed by atoms with van der Waals surface area (Å²) in [5, 5.41) is 13.5. The second kappa shape index (κ2) is 6.84. The number of hydrogen-bond acceptors (Lipinski definition) is 6. The lowest BCUT2D eigenvalue weighted by Crippen LogP contribution is -2.41. The second-order valence-electron chi connectivity index (χ2n) is 6.26. The van der Waals surface area contributed by atoms with E-state index in [1.807, 2.05) is 26.8 Å². The third-order valence-electron chi connectivity index (χ3n) is 3.73. The number of aromatic amines is 1. The smallest absolute Gasteiger partial charge is 0.252 e. The highest BCUT2D eigenvalue weighted by Gasteiger charge is 2.29. The summed E-state index contributed by atoms with van der Waals surface area (Å²) in [5.41, 5.74) is 0.543. The first-order valence-electron chi connectivity index (χ1n) is 8.11. The molecule has 1 amide bonds. The molecule has 2 N–H and O–H groups in total. The van der Waals surface area contributed by atoms with E-state index in [0.717, 1.165) is 18.4 Å². The van der Waals surface area contributed by atoms with Crippen molar-refractivity contribution in [2.75, 3.05) is 0 Å². The van der Waals surface area contributed by atoms with Crippen LogP contribution in [-0.2, 0) is 12.0 Å². The van der Waals surface area contributed by atoms with Gasteiger partial charge in [0.15, 0.2) is 11.6 Å². The molecule has 8 nitrogen and oxygen atoms in total. The van der Waals surface area contributed by atoms with Gasteiger partial charge >= 0.3 is 0 Å². The topological polar surface area (TPSA) is 110 Å². The van der Waals surface area contributed by atoms with Crippen molar-refractivity contribution < 1.29 is 9.32 Å². The molecular formula is C17H20N6O2. The summed E-state index contributed by atoms with van der Waals surface area (Å²) < 4.78 is 5.21. The van der Waals surface area contributed by atoms with Crippen molar-refractivity contribution in [3.8, 4) is 11.4 Å². The van der Waals surface area contributed by atoms with Crippen molar-refractivity contribution in [2.45, 2.75) is 39.2 Å². The number of rotatable bonds is 6. The monoisotopic (exact) mass is 340 g/mol. The van der Waals surface area contributed by atoms with Crippen molar-refractivity contribution >= 4 is 5.91 Å². The van der Waals surface area contributed by atoms with Crippen LogP contribution in [0.5, 0.6) is 0 Å². The number of nitrogens with zero attached hydrogens (tertiary/aromatic N) is 4. The van der Waals surface area contributed by atoms with E-state index >= 15 is 0 Å². The fraction of sp³-hybridized carbons (Fsp3) is 0.353. The van der Waals surface area contributed by atoms with Crippen LogP contribution in [0.2, 0.25) is 0 Å². The van der Waals surface area contributed by atoms with Gasteiger partial charge in [0.2, 0.25) is 5.89 Å². The molecule has 0 bridgehead atoms. The van der Waals surface area contributed by atoms with Crippen molar-refractivity contribution in [3.05, 3.63) is 47.9 Å². The Balaban J connectivity index is 1.77. The van der Waals surface area contributed by atoms with E-state index in [1.54, 1.807) is 18.2 Å². The van der Waals surface area contributed by atoms with Crippen LogP contribution in [0.3, 0.4) is 0 Å². The molecule has 0 aliphatic carbocycles. The molecule has 2 aromatic heterocycles. The predicted octanol–water partition coefficient (Wildman–Crippen LogP) is 2.47. The van der Waals surface area contributed by atoms with E-state index in [-0.39, 0.29) is 5.91 Å². The molecule has 2 heterocycles. The average Bonchev–Trinajstić information content (AvgIpc) is 3.27. The molecule has 0 saturated carbocycles. The molecule has 0 spiro atoms. The van der Waals surface area contributed by atoms with E-state index in [9.17, 15) is 4.79 Å². The first-order chi connectivity index (χ1) is 12.0. The Morgan fingerprint density at radius 3 is 2.92 bits per heavy atom. The van der Waals surface area contributed by atoms with Gasteiger partial charge in [0.25, 0.3) is 5.91 Å². The maximum atomic E-state index is 12.6. The lowest BCUT2D eigenvalue weighted by molar-refractivity contribution is 0.0907. The molecule has 3 aromatic rings. The van der Waals surface area contributed by atoms with Gasteiger partial charge in [0.05, 0.1) is 5.54 Å². The summed E-state index contributed by atoms with van der Waals surface area (Å²) in [6.07, 6.45) is 3.06. The van der Waals surface area contributed by atoms with Crippen LogP contribution in [0.4, 0.5) is 0 Å². The standard InChI is InChI=1S/C17H20N6O2/c1-4-6-13-20-16(23-25-13)17(2,3)21-15(24)12-8-5-7-11(9-12)14-18-10-19-22-14/h5,7-10H,4,6H2,1-3H3,(H,21,24)(H,18,19,22). The summed E-state index contributed by atoms with van der Waals surface area (Å²) in [6.45, 7) is 5.72. The Hall–Kier alpha value is -3.03. The summed E-state index contributed by atoms with van der Waals surface area (Å²) in [5.74, 6) is 1.41.